The molecule has 156 valence electrons. The molecule has 1 aliphatic carbocycles. The molecule has 1 unspecified atom stereocenters. The molecule has 7 nitrogen and oxygen atoms in total. The minimum Gasteiger partial charge on any atom is -0.370 e. The molecule has 1 heterocycles. The van der Waals surface area contributed by atoms with Crippen molar-refractivity contribution in [3.05, 3.63) is 41.5 Å². The normalized spacial score (nSPS) is 14.8. The van der Waals surface area contributed by atoms with Crippen LogP contribution < -0.4 is 11.1 Å². The number of amides is 2. The van der Waals surface area contributed by atoms with Gasteiger partial charge in [0.1, 0.15) is 11.6 Å². The quantitative estimate of drug-likeness (QED) is 0.577. The maximum absolute atomic E-state index is 13.2. The lowest BCUT2D eigenvalue weighted by atomic mass is 9.96. The van der Waals surface area contributed by atoms with E-state index < -0.39 is 0 Å². The van der Waals surface area contributed by atoms with E-state index in [9.17, 15) is 14.0 Å². The number of carbonyl (C=O) groups is 2. The molecule has 29 heavy (non-hydrogen) atoms. The van der Waals surface area contributed by atoms with Crippen molar-refractivity contribution in [2.75, 3.05) is 5.75 Å². The molecule has 3 N–H and O–H groups in total. The molecular weight excluding hydrogens is 393 g/mol. The SMILES string of the molecule is CC(C)C(NC(=O)CSc1nnc(C2CC2)n1CCC(N)=O)c1ccc(F)cc1. The summed E-state index contributed by atoms with van der Waals surface area (Å²) in [5.41, 5.74) is 6.14. The summed E-state index contributed by atoms with van der Waals surface area (Å²) in [5, 5.41) is 12.1. The van der Waals surface area contributed by atoms with Gasteiger partial charge < -0.3 is 15.6 Å². The molecule has 2 amide bonds. The standard InChI is InChI=1S/C20H26FN5O2S/c1-12(2)18(13-5-7-15(21)8-6-13)23-17(28)11-29-20-25-24-19(14-3-4-14)26(20)10-9-16(22)27/h5-8,12,14,18H,3-4,9-11H2,1-2H3,(H2,22,27)(H,23,28). The number of halogens is 1. The average Bonchev–Trinajstić information content (AvgIpc) is 3.44. The van der Waals surface area contributed by atoms with Gasteiger partial charge in [0.05, 0.1) is 11.8 Å². The molecule has 0 aliphatic heterocycles. The van der Waals surface area contributed by atoms with Crippen molar-refractivity contribution in [2.45, 2.75) is 56.8 Å². The first kappa shape index (κ1) is 21.3. The number of carbonyl (C=O) groups excluding carboxylic acids is 2. The van der Waals surface area contributed by atoms with Gasteiger partial charge >= 0.3 is 0 Å². The van der Waals surface area contributed by atoms with E-state index in [1.54, 1.807) is 12.1 Å². The Morgan fingerprint density at radius 3 is 2.55 bits per heavy atom. The van der Waals surface area contributed by atoms with Crippen molar-refractivity contribution in [3.8, 4) is 0 Å². The Morgan fingerprint density at radius 2 is 1.97 bits per heavy atom. The molecule has 0 radical (unpaired) electrons. The largest absolute Gasteiger partial charge is 0.370 e. The van der Waals surface area contributed by atoms with Crippen molar-refractivity contribution in [1.82, 2.24) is 20.1 Å². The van der Waals surface area contributed by atoms with Crippen LogP contribution in [0.2, 0.25) is 0 Å². The van der Waals surface area contributed by atoms with E-state index >= 15 is 0 Å². The van der Waals surface area contributed by atoms with Crippen LogP contribution in [0.1, 0.15) is 56.5 Å². The molecule has 1 aromatic heterocycles. The number of thioether (sulfide) groups is 1. The summed E-state index contributed by atoms with van der Waals surface area (Å²) in [6.45, 7) is 4.43. The Hall–Kier alpha value is -2.42. The van der Waals surface area contributed by atoms with E-state index in [-0.39, 0.29) is 41.8 Å². The van der Waals surface area contributed by atoms with Crippen molar-refractivity contribution in [1.29, 1.82) is 0 Å². The van der Waals surface area contributed by atoms with Gasteiger partial charge in [-0.25, -0.2) is 4.39 Å². The van der Waals surface area contributed by atoms with E-state index in [0.29, 0.717) is 17.6 Å². The van der Waals surface area contributed by atoms with Gasteiger partial charge in [-0.1, -0.05) is 37.7 Å². The average molecular weight is 420 g/mol. The van der Waals surface area contributed by atoms with Crippen LogP contribution in [0.25, 0.3) is 0 Å². The Bertz CT molecular complexity index is 864. The van der Waals surface area contributed by atoms with Crippen LogP contribution >= 0.6 is 11.8 Å². The maximum atomic E-state index is 13.2. The zero-order chi connectivity index (χ0) is 21.0. The number of primary amides is 1. The topological polar surface area (TPSA) is 103 Å². The third-order valence-electron chi connectivity index (χ3n) is 4.81. The van der Waals surface area contributed by atoms with Crippen LogP contribution in [0.4, 0.5) is 4.39 Å². The lowest BCUT2D eigenvalue weighted by molar-refractivity contribution is -0.120. The summed E-state index contributed by atoms with van der Waals surface area (Å²) < 4.78 is 15.1. The predicted molar refractivity (Wildman–Crippen MR) is 109 cm³/mol. The summed E-state index contributed by atoms with van der Waals surface area (Å²) in [6.07, 6.45) is 2.33. The molecule has 1 saturated carbocycles. The molecule has 1 fully saturated rings. The summed E-state index contributed by atoms with van der Waals surface area (Å²) >= 11 is 1.29. The van der Waals surface area contributed by atoms with Crippen molar-refractivity contribution in [3.63, 3.8) is 0 Å². The van der Waals surface area contributed by atoms with Crippen LogP contribution in [0.3, 0.4) is 0 Å². The number of nitrogens with one attached hydrogen (secondary N) is 1. The van der Waals surface area contributed by atoms with Crippen LogP contribution in [0, 0.1) is 11.7 Å². The highest BCUT2D eigenvalue weighted by Gasteiger charge is 2.30. The molecular formula is C20H26FN5O2S. The molecule has 1 aromatic carbocycles. The Labute approximate surface area is 173 Å². The molecule has 2 aromatic rings. The summed E-state index contributed by atoms with van der Waals surface area (Å²) in [5.74, 6) is 0.727. The van der Waals surface area contributed by atoms with Crippen LogP contribution in [0.15, 0.2) is 29.4 Å². The van der Waals surface area contributed by atoms with Gasteiger partial charge in [-0.05, 0) is 36.5 Å². The van der Waals surface area contributed by atoms with Gasteiger partial charge in [0.15, 0.2) is 5.16 Å². The Balaban J connectivity index is 1.63. The zero-order valence-corrected chi connectivity index (χ0v) is 17.4. The highest BCUT2D eigenvalue weighted by molar-refractivity contribution is 7.99. The number of hydrogen-bond acceptors (Lipinski definition) is 5. The van der Waals surface area contributed by atoms with Gasteiger partial charge in [0, 0.05) is 18.9 Å². The number of rotatable bonds is 10. The van der Waals surface area contributed by atoms with Crippen molar-refractivity contribution < 1.29 is 14.0 Å². The zero-order valence-electron chi connectivity index (χ0n) is 16.6. The summed E-state index contributed by atoms with van der Waals surface area (Å²) in [6, 6.07) is 5.96. The van der Waals surface area contributed by atoms with E-state index in [4.69, 9.17) is 5.73 Å². The molecule has 0 bridgehead atoms. The molecule has 1 aliphatic rings. The van der Waals surface area contributed by atoms with Crippen molar-refractivity contribution in [2.24, 2.45) is 11.7 Å². The smallest absolute Gasteiger partial charge is 0.230 e. The fraction of sp³-hybridized carbons (Fsp3) is 0.500. The third-order valence-corrected chi connectivity index (χ3v) is 5.78. The second-order valence-corrected chi connectivity index (χ2v) is 8.55. The van der Waals surface area contributed by atoms with Crippen LogP contribution in [-0.2, 0) is 16.1 Å². The molecule has 0 spiro atoms. The van der Waals surface area contributed by atoms with Gasteiger partial charge in [-0.3, -0.25) is 9.59 Å². The molecule has 9 heteroatoms. The highest BCUT2D eigenvalue weighted by Crippen LogP contribution is 2.40. The number of hydrogen-bond donors (Lipinski definition) is 2. The van der Waals surface area contributed by atoms with Gasteiger partial charge in [-0.15, -0.1) is 10.2 Å². The second kappa shape index (κ2) is 9.39. The van der Waals surface area contributed by atoms with E-state index in [0.717, 1.165) is 24.2 Å². The summed E-state index contributed by atoms with van der Waals surface area (Å²) in [7, 11) is 0. The minimum atomic E-state index is -0.381. The first-order valence-corrected chi connectivity index (χ1v) is 10.7. The first-order chi connectivity index (χ1) is 13.8. The monoisotopic (exact) mass is 419 g/mol. The fourth-order valence-corrected chi connectivity index (χ4v) is 3.92. The van der Waals surface area contributed by atoms with Crippen molar-refractivity contribution >= 4 is 23.6 Å². The van der Waals surface area contributed by atoms with Gasteiger partial charge in [0.2, 0.25) is 11.8 Å². The number of nitrogens with two attached hydrogens (primary N) is 1. The van der Waals surface area contributed by atoms with E-state index in [1.807, 2.05) is 18.4 Å². The highest BCUT2D eigenvalue weighted by atomic mass is 32.2. The molecule has 1 atom stereocenters. The second-order valence-electron chi connectivity index (χ2n) is 7.61. The molecule has 3 rings (SSSR count). The minimum absolute atomic E-state index is 0.143. The number of nitrogens with zero attached hydrogens (tertiary/aromatic N) is 3. The molecule has 0 saturated heterocycles. The Kier molecular flexibility index (Phi) is 6.89. The Morgan fingerprint density at radius 1 is 1.28 bits per heavy atom. The first-order valence-electron chi connectivity index (χ1n) is 9.74. The third kappa shape index (κ3) is 5.79. The maximum Gasteiger partial charge on any atom is 0.230 e. The lowest BCUT2D eigenvalue weighted by Gasteiger charge is -2.23. The lowest BCUT2D eigenvalue weighted by Crippen LogP contribution is -2.33. The fourth-order valence-electron chi connectivity index (χ4n) is 3.13. The van der Waals surface area contributed by atoms with E-state index in [2.05, 4.69) is 15.5 Å². The van der Waals surface area contributed by atoms with Crippen LogP contribution in [0.5, 0.6) is 0 Å². The number of benzene rings is 1. The summed E-state index contributed by atoms with van der Waals surface area (Å²) in [4.78, 5) is 23.7. The van der Waals surface area contributed by atoms with E-state index in [1.165, 1.54) is 23.9 Å². The van der Waals surface area contributed by atoms with Gasteiger partial charge in [-0.2, -0.15) is 0 Å². The predicted octanol–water partition coefficient (Wildman–Crippen LogP) is 2.78. The number of aromatic nitrogens is 3. The van der Waals surface area contributed by atoms with Gasteiger partial charge in [0.25, 0.3) is 0 Å². The van der Waals surface area contributed by atoms with Crippen LogP contribution in [-0.4, -0.2) is 32.3 Å².